The lowest BCUT2D eigenvalue weighted by atomic mass is 10.0. The predicted octanol–water partition coefficient (Wildman–Crippen LogP) is 0.947. The average molecular weight is 296 g/mol. The second kappa shape index (κ2) is 5.93. The summed E-state index contributed by atoms with van der Waals surface area (Å²) in [6.07, 6.45) is 4.33. The first-order chi connectivity index (χ1) is 9.38. The van der Waals surface area contributed by atoms with Gasteiger partial charge in [0, 0.05) is 24.4 Å². The molecule has 1 aliphatic rings. The highest BCUT2D eigenvalue weighted by Crippen LogP contribution is 2.23. The van der Waals surface area contributed by atoms with E-state index in [0.29, 0.717) is 18.0 Å². The molecule has 1 saturated carbocycles. The van der Waals surface area contributed by atoms with Crippen LogP contribution >= 0.6 is 0 Å². The molecule has 0 aromatic heterocycles. The number of sulfone groups is 1. The van der Waals surface area contributed by atoms with Gasteiger partial charge >= 0.3 is 0 Å². The predicted molar refractivity (Wildman–Crippen MR) is 77.2 cm³/mol. The second-order valence-corrected chi connectivity index (χ2v) is 7.38. The van der Waals surface area contributed by atoms with Crippen molar-refractivity contribution in [1.82, 2.24) is 5.32 Å². The number of hydrogen-bond acceptors (Lipinski definition) is 4. The highest BCUT2D eigenvalue weighted by atomic mass is 32.2. The molecule has 1 aromatic carbocycles. The highest BCUT2D eigenvalue weighted by molar-refractivity contribution is 7.90. The molecule has 2 rings (SSSR count). The summed E-state index contributed by atoms with van der Waals surface area (Å²) < 4.78 is 22.7. The summed E-state index contributed by atoms with van der Waals surface area (Å²) >= 11 is 0. The van der Waals surface area contributed by atoms with Gasteiger partial charge < -0.3 is 11.1 Å². The molecular formula is C14H20N2O3S. The Morgan fingerprint density at radius 1 is 1.30 bits per heavy atom. The Morgan fingerprint density at radius 2 is 1.95 bits per heavy atom. The Labute approximate surface area is 119 Å². The summed E-state index contributed by atoms with van der Waals surface area (Å²) in [7, 11) is -3.23. The molecule has 0 heterocycles. The summed E-state index contributed by atoms with van der Waals surface area (Å²) in [6, 6.07) is 6.13. The SMILES string of the molecule is CS(=O)(=O)c1ccc(C(=O)NCC2CCCC2N)cc1. The van der Waals surface area contributed by atoms with Gasteiger partial charge in [0.25, 0.3) is 5.91 Å². The van der Waals surface area contributed by atoms with Crippen LogP contribution < -0.4 is 11.1 Å². The number of rotatable bonds is 4. The summed E-state index contributed by atoms with van der Waals surface area (Å²) in [4.78, 5) is 12.2. The lowest BCUT2D eigenvalue weighted by molar-refractivity contribution is 0.0946. The van der Waals surface area contributed by atoms with Gasteiger partial charge in [0.2, 0.25) is 0 Å². The van der Waals surface area contributed by atoms with E-state index in [1.807, 2.05) is 0 Å². The minimum absolute atomic E-state index is 0.169. The molecule has 0 bridgehead atoms. The number of carbonyl (C=O) groups excluding carboxylic acids is 1. The smallest absolute Gasteiger partial charge is 0.251 e. The van der Waals surface area contributed by atoms with E-state index in [1.165, 1.54) is 24.3 Å². The normalized spacial score (nSPS) is 22.7. The molecule has 0 saturated heterocycles. The molecule has 0 radical (unpaired) electrons. The lowest BCUT2D eigenvalue weighted by Gasteiger charge is -2.15. The molecule has 1 aromatic rings. The van der Waals surface area contributed by atoms with Crippen molar-refractivity contribution in [2.24, 2.45) is 11.7 Å². The van der Waals surface area contributed by atoms with Crippen LogP contribution in [0.2, 0.25) is 0 Å². The zero-order valence-electron chi connectivity index (χ0n) is 11.5. The van der Waals surface area contributed by atoms with Gasteiger partial charge in [-0.1, -0.05) is 6.42 Å². The molecular weight excluding hydrogens is 276 g/mol. The minimum atomic E-state index is -3.23. The molecule has 110 valence electrons. The topological polar surface area (TPSA) is 89.3 Å². The van der Waals surface area contributed by atoms with Crippen molar-refractivity contribution in [2.75, 3.05) is 12.8 Å². The standard InChI is InChI=1S/C14H20N2O3S/c1-20(18,19)12-7-5-10(6-8-12)14(17)16-9-11-3-2-4-13(11)15/h5-8,11,13H,2-4,9,15H2,1H3,(H,16,17). The minimum Gasteiger partial charge on any atom is -0.352 e. The Morgan fingerprint density at radius 3 is 2.45 bits per heavy atom. The van der Waals surface area contributed by atoms with Gasteiger partial charge in [-0.25, -0.2) is 8.42 Å². The van der Waals surface area contributed by atoms with Crippen molar-refractivity contribution in [3.63, 3.8) is 0 Å². The number of nitrogens with one attached hydrogen (secondary N) is 1. The first-order valence-corrected chi connectivity index (χ1v) is 8.61. The quantitative estimate of drug-likeness (QED) is 0.865. The zero-order chi connectivity index (χ0) is 14.8. The van der Waals surface area contributed by atoms with Crippen LogP contribution in [0.5, 0.6) is 0 Å². The fourth-order valence-electron chi connectivity index (χ4n) is 2.50. The van der Waals surface area contributed by atoms with Crippen LogP contribution in [0.15, 0.2) is 29.2 Å². The third-order valence-electron chi connectivity index (χ3n) is 3.79. The number of benzene rings is 1. The lowest BCUT2D eigenvalue weighted by Crippen LogP contribution is -2.36. The summed E-state index contributed by atoms with van der Waals surface area (Å²) in [5.74, 6) is 0.151. The maximum absolute atomic E-state index is 12.0. The van der Waals surface area contributed by atoms with Crippen LogP contribution in [0.4, 0.5) is 0 Å². The largest absolute Gasteiger partial charge is 0.352 e. The van der Waals surface area contributed by atoms with Crippen LogP contribution in [0.25, 0.3) is 0 Å². The Bertz CT molecular complexity index is 581. The summed E-state index contributed by atoms with van der Waals surface area (Å²) in [5.41, 5.74) is 6.42. The van der Waals surface area contributed by atoms with Crippen LogP contribution in [0.3, 0.4) is 0 Å². The first-order valence-electron chi connectivity index (χ1n) is 6.72. The molecule has 1 aliphatic carbocycles. The molecule has 2 unspecified atom stereocenters. The molecule has 1 amide bonds. The van der Waals surface area contributed by atoms with Gasteiger partial charge in [0.05, 0.1) is 4.90 Å². The van der Waals surface area contributed by atoms with E-state index in [2.05, 4.69) is 5.32 Å². The van der Waals surface area contributed by atoms with E-state index >= 15 is 0 Å². The maximum atomic E-state index is 12.0. The third kappa shape index (κ3) is 3.58. The molecule has 5 nitrogen and oxygen atoms in total. The second-order valence-electron chi connectivity index (χ2n) is 5.36. The van der Waals surface area contributed by atoms with Gasteiger partial charge in [-0.3, -0.25) is 4.79 Å². The van der Waals surface area contributed by atoms with Gasteiger partial charge in [-0.2, -0.15) is 0 Å². The van der Waals surface area contributed by atoms with E-state index in [9.17, 15) is 13.2 Å². The zero-order valence-corrected chi connectivity index (χ0v) is 12.3. The first kappa shape index (κ1) is 15.0. The molecule has 0 spiro atoms. The van der Waals surface area contributed by atoms with Gasteiger partial charge in [0.1, 0.15) is 0 Å². The molecule has 6 heteroatoms. The number of hydrogen-bond donors (Lipinski definition) is 2. The van der Waals surface area contributed by atoms with E-state index in [1.54, 1.807) is 0 Å². The van der Waals surface area contributed by atoms with Crippen LogP contribution in [0.1, 0.15) is 29.6 Å². The van der Waals surface area contributed by atoms with E-state index in [-0.39, 0.29) is 16.8 Å². The van der Waals surface area contributed by atoms with E-state index in [4.69, 9.17) is 5.73 Å². The third-order valence-corrected chi connectivity index (χ3v) is 4.92. The average Bonchev–Trinajstić information content (AvgIpc) is 2.81. The fourth-order valence-corrected chi connectivity index (χ4v) is 3.13. The van der Waals surface area contributed by atoms with Gasteiger partial charge in [0.15, 0.2) is 9.84 Å². The van der Waals surface area contributed by atoms with Crippen molar-refractivity contribution >= 4 is 15.7 Å². The van der Waals surface area contributed by atoms with Crippen molar-refractivity contribution in [1.29, 1.82) is 0 Å². The van der Waals surface area contributed by atoms with E-state index in [0.717, 1.165) is 25.5 Å². The molecule has 0 aliphatic heterocycles. The summed E-state index contributed by atoms with van der Waals surface area (Å²) in [5, 5.41) is 2.86. The highest BCUT2D eigenvalue weighted by Gasteiger charge is 2.24. The molecule has 2 atom stereocenters. The fraction of sp³-hybridized carbons (Fsp3) is 0.500. The molecule has 1 fully saturated rings. The van der Waals surface area contributed by atoms with Gasteiger partial charge in [-0.15, -0.1) is 0 Å². The monoisotopic (exact) mass is 296 g/mol. The van der Waals surface area contributed by atoms with Crippen LogP contribution in [-0.2, 0) is 9.84 Å². The van der Waals surface area contributed by atoms with Crippen molar-refractivity contribution in [3.05, 3.63) is 29.8 Å². The van der Waals surface area contributed by atoms with E-state index < -0.39 is 9.84 Å². The number of nitrogens with two attached hydrogens (primary N) is 1. The van der Waals surface area contributed by atoms with Crippen molar-refractivity contribution in [3.8, 4) is 0 Å². The molecule has 20 heavy (non-hydrogen) atoms. The van der Waals surface area contributed by atoms with Gasteiger partial charge in [-0.05, 0) is 43.0 Å². The number of amides is 1. The van der Waals surface area contributed by atoms with Crippen LogP contribution in [-0.4, -0.2) is 33.2 Å². The molecule has 3 N–H and O–H groups in total. The Kier molecular flexibility index (Phi) is 4.45. The summed E-state index contributed by atoms with van der Waals surface area (Å²) in [6.45, 7) is 0.577. The number of carbonyl (C=O) groups is 1. The van der Waals surface area contributed by atoms with Crippen LogP contribution in [0, 0.1) is 5.92 Å². The Hall–Kier alpha value is -1.40. The van der Waals surface area contributed by atoms with Crippen molar-refractivity contribution in [2.45, 2.75) is 30.2 Å². The van der Waals surface area contributed by atoms with Crippen molar-refractivity contribution < 1.29 is 13.2 Å². The Balaban J connectivity index is 1.96. The maximum Gasteiger partial charge on any atom is 0.251 e.